The molecule has 274 valence electrons. The number of benzene rings is 4. The Labute approximate surface area is 296 Å². The number of ether oxygens (including phenoxy) is 1. The lowest BCUT2D eigenvalue weighted by molar-refractivity contribution is -0.745. The number of nitrogens with two attached hydrogens (primary N) is 1. The van der Waals surface area contributed by atoms with Crippen molar-refractivity contribution < 1.29 is 61.5 Å². The van der Waals surface area contributed by atoms with E-state index < -0.39 is 76.1 Å². The molecule has 6 aromatic rings. The summed E-state index contributed by atoms with van der Waals surface area (Å²) in [7, 11) is -8.90. The van der Waals surface area contributed by atoms with Crippen LogP contribution in [0.5, 0.6) is 0 Å². The molecule has 8 N–H and O–H groups in total. The number of H-pyrrole nitrogens is 1. The number of aliphatic hydroxyl groups is 2. The van der Waals surface area contributed by atoms with Crippen LogP contribution in [0.3, 0.4) is 0 Å². The number of nitrogens with one attached hydrogen (secondary N) is 1. The van der Waals surface area contributed by atoms with E-state index >= 15 is 0 Å². The topological polar surface area (TPSA) is 278 Å². The summed E-state index contributed by atoms with van der Waals surface area (Å²) in [5.74, 6) is -3.06. The van der Waals surface area contributed by atoms with E-state index in [2.05, 4.69) is 14.3 Å². The number of imidazole rings is 1. The zero-order valence-electron chi connectivity index (χ0n) is 26.9. The number of fused-ring (bicyclic) bond motifs is 1. The Morgan fingerprint density at radius 1 is 1.00 bits per heavy atom. The van der Waals surface area contributed by atoms with Gasteiger partial charge in [0.25, 0.3) is 11.5 Å². The van der Waals surface area contributed by atoms with Gasteiger partial charge in [0.1, 0.15) is 18.3 Å². The lowest BCUT2D eigenvalue weighted by Gasteiger charge is -2.20. The number of nitrogen functional groups attached to an aromatic ring is 1. The number of rotatable bonds is 12. The average molecular weight is 795 g/mol. The number of carbonyl (C=O) groups is 1. The summed E-state index contributed by atoms with van der Waals surface area (Å²) in [6.45, 7) is -5.95. The Morgan fingerprint density at radius 3 is 2.37 bits per heavy atom. The molecule has 7 atom stereocenters. The summed E-state index contributed by atoms with van der Waals surface area (Å²) < 4.78 is 56.1. The number of anilines is 1. The van der Waals surface area contributed by atoms with Crippen molar-refractivity contribution in [1.29, 1.82) is 0 Å². The maximum atomic E-state index is 13.3. The fourth-order valence-electron chi connectivity index (χ4n) is 6.42. The molecule has 1 saturated heterocycles. The van der Waals surface area contributed by atoms with Gasteiger partial charge in [0.2, 0.25) is 11.7 Å². The van der Waals surface area contributed by atoms with Crippen LogP contribution in [0.1, 0.15) is 16.6 Å². The Bertz CT molecular complexity index is 2580. The highest BCUT2D eigenvalue weighted by atomic mass is 32.7. The lowest BCUT2D eigenvalue weighted by atomic mass is 9.91. The molecule has 0 amide bonds. The van der Waals surface area contributed by atoms with Gasteiger partial charge in [-0.05, 0) is 43.7 Å². The number of carbonyl (C=O) groups excluding carboxylic acids is 1. The van der Waals surface area contributed by atoms with Crippen LogP contribution in [0.2, 0.25) is 0 Å². The van der Waals surface area contributed by atoms with Crippen molar-refractivity contribution in [3.63, 3.8) is 0 Å². The van der Waals surface area contributed by atoms with Crippen molar-refractivity contribution in [1.82, 2.24) is 14.5 Å². The molecule has 7 rings (SSSR count). The first-order valence-corrected chi connectivity index (χ1v) is 22.1. The number of hydrogen-bond acceptors (Lipinski definition) is 13. The first kappa shape index (κ1) is 36.8. The van der Waals surface area contributed by atoms with E-state index in [4.69, 9.17) is 15.0 Å². The van der Waals surface area contributed by atoms with Gasteiger partial charge in [-0.3, -0.25) is 28.3 Å². The van der Waals surface area contributed by atoms with Crippen LogP contribution in [0, 0.1) is 0 Å². The number of aromatic nitrogens is 4. The maximum absolute atomic E-state index is 13.3. The molecule has 0 radical (unpaired) electrons. The fourth-order valence-corrected chi connectivity index (χ4v) is 13.7. The highest BCUT2D eigenvalue weighted by molar-refractivity contribution is 8.55. The predicted molar refractivity (Wildman–Crippen MR) is 190 cm³/mol. The van der Waals surface area contributed by atoms with Crippen LogP contribution >= 0.6 is 33.4 Å². The standard InChI is InChI=1S/C30H30N5O13P3S/c1-34-13-35(27-24(34)28(39)33-30(31)32-27)29-26(38)25(37)21(47-29)11-46-49(40,41)14-50(42,43)48-51(44,45)52-12-20(36)18-9-7-17-6-5-15-3-2-4-16-8-10-19(18)23(17)22(15)16/h2-10,13,21,25-26,29,37-38H,11-12,14H2,1H3,(H5-,31,32,33,39,40,41,42,43,44,45)/p+1/t21-,25-,26-,29-/m1/s1. The summed E-state index contributed by atoms with van der Waals surface area (Å²) in [4.78, 5) is 63.0. The van der Waals surface area contributed by atoms with E-state index in [1.165, 1.54) is 22.5 Å². The highest BCUT2D eigenvalue weighted by Gasteiger charge is 2.48. The van der Waals surface area contributed by atoms with Crippen LogP contribution in [0.4, 0.5) is 5.95 Å². The van der Waals surface area contributed by atoms with Gasteiger partial charge in [-0.25, -0.2) is 13.4 Å². The second-order valence-corrected chi connectivity index (χ2v) is 20.5. The Kier molecular flexibility index (Phi) is 9.48. The molecule has 0 saturated carbocycles. The summed E-state index contributed by atoms with van der Waals surface area (Å²) >= 11 is 0.0662. The minimum atomic E-state index is -5.32. The molecule has 3 unspecified atom stereocenters. The first-order valence-electron chi connectivity index (χ1n) is 15.4. The van der Waals surface area contributed by atoms with Crippen LogP contribution < -0.4 is 15.9 Å². The SMILES string of the molecule is Cn1c[n+]([C@@H]2O[C@H](COP(=O)(O)CP(=O)(O)OP(=O)(O)SCC(=O)c3ccc4ccc5cccc6ccc3c4c56)[C@@H](O)[C@H]2O)c2nc(N)[nH]c(=O)c21. The minimum Gasteiger partial charge on any atom is -0.387 e. The van der Waals surface area contributed by atoms with E-state index in [0.29, 0.717) is 5.39 Å². The Hall–Kier alpha value is -3.54. The van der Waals surface area contributed by atoms with Gasteiger partial charge in [-0.15, -0.1) is 0 Å². The Morgan fingerprint density at radius 2 is 1.65 bits per heavy atom. The summed E-state index contributed by atoms with van der Waals surface area (Å²) in [6, 6.07) is 16.7. The average Bonchev–Trinajstić information content (AvgIpc) is 3.54. The van der Waals surface area contributed by atoms with Crippen molar-refractivity contribution in [3.05, 3.63) is 76.8 Å². The molecule has 0 spiro atoms. The molecule has 52 heavy (non-hydrogen) atoms. The number of Topliss-reactive ketones (excluding diaryl/α,β-unsaturated/α-hetero) is 1. The third kappa shape index (κ3) is 6.96. The van der Waals surface area contributed by atoms with Gasteiger partial charge in [-0.1, -0.05) is 59.6 Å². The van der Waals surface area contributed by atoms with Crippen molar-refractivity contribution in [2.24, 2.45) is 7.05 Å². The number of nitrogens with zero attached hydrogens (tertiary/aromatic N) is 3. The van der Waals surface area contributed by atoms with Crippen LogP contribution in [-0.2, 0) is 34.3 Å². The number of hydrogen-bond donors (Lipinski definition) is 7. The van der Waals surface area contributed by atoms with Gasteiger partial charge in [0, 0.05) is 5.56 Å². The number of aryl methyl sites for hydroxylation is 1. The van der Waals surface area contributed by atoms with Gasteiger partial charge >= 0.3 is 27.6 Å². The minimum absolute atomic E-state index is 0.00306. The summed E-state index contributed by atoms with van der Waals surface area (Å²) in [6.07, 6.45) is -4.85. The third-order valence-corrected chi connectivity index (χ3v) is 16.6. The van der Waals surface area contributed by atoms with Gasteiger partial charge in [-0.2, -0.15) is 0 Å². The molecular weight excluding hydrogens is 763 g/mol. The van der Waals surface area contributed by atoms with Crippen molar-refractivity contribution in [3.8, 4) is 0 Å². The number of aromatic amines is 1. The van der Waals surface area contributed by atoms with Crippen molar-refractivity contribution >= 4 is 88.6 Å². The molecule has 4 aromatic carbocycles. The third-order valence-electron chi connectivity index (χ3n) is 8.62. The number of ketones is 1. The van der Waals surface area contributed by atoms with Crippen molar-refractivity contribution in [2.45, 2.75) is 24.5 Å². The summed E-state index contributed by atoms with van der Waals surface area (Å²) in [5, 5.41) is 26.5. The molecule has 3 heterocycles. The molecule has 0 aliphatic carbocycles. The molecule has 0 bridgehead atoms. The van der Waals surface area contributed by atoms with Crippen LogP contribution in [0.15, 0.2) is 65.7 Å². The van der Waals surface area contributed by atoms with E-state index in [-0.39, 0.29) is 34.1 Å². The Balaban J connectivity index is 0.982. The van der Waals surface area contributed by atoms with E-state index in [1.807, 2.05) is 36.4 Å². The van der Waals surface area contributed by atoms with Crippen LogP contribution in [0.25, 0.3) is 43.5 Å². The molecule has 1 fully saturated rings. The van der Waals surface area contributed by atoms with Gasteiger partial charge in [0.05, 0.1) is 19.4 Å². The van der Waals surface area contributed by atoms with Gasteiger partial charge in [0.15, 0.2) is 18.0 Å². The molecule has 18 nitrogen and oxygen atoms in total. The molecule has 22 heteroatoms. The van der Waals surface area contributed by atoms with E-state index in [1.54, 1.807) is 18.2 Å². The largest absolute Gasteiger partial charge is 0.394 e. The lowest BCUT2D eigenvalue weighted by Crippen LogP contribution is -2.46. The monoisotopic (exact) mass is 794 g/mol. The molecular formula is C30H31N5O13P3S+. The second kappa shape index (κ2) is 13.4. The molecule has 1 aliphatic rings. The van der Waals surface area contributed by atoms with E-state index in [0.717, 1.165) is 26.9 Å². The van der Waals surface area contributed by atoms with E-state index in [9.17, 15) is 48.2 Å². The smallest absolute Gasteiger partial charge is 0.387 e. The maximum Gasteiger partial charge on any atom is 0.394 e. The predicted octanol–water partition coefficient (Wildman–Crippen LogP) is 2.73. The molecule has 1 aliphatic heterocycles. The quantitative estimate of drug-likeness (QED) is 0.0406. The zero-order valence-corrected chi connectivity index (χ0v) is 30.4. The second-order valence-electron chi connectivity index (χ2n) is 12.2. The zero-order chi connectivity index (χ0) is 37.3. The normalized spacial score (nSPS) is 23.0. The van der Waals surface area contributed by atoms with Gasteiger partial charge < -0.3 is 39.9 Å². The van der Waals surface area contributed by atoms with Crippen molar-refractivity contribution in [2.75, 3.05) is 24.0 Å². The highest BCUT2D eigenvalue weighted by Crippen LogP contribution is 2.70. The summed E-state index contributed by atoms with van der Waals surface area (Å²) in [5.41, 5.74) is 5.38. The van der Waals surface area contributed by atoms with Crippen LogP contribution in [-0.4, -0.2) is 81.8 Å². The fraction of sp³-hybridized carbons (Fsp3) is 0.267. The molecule has 2 aromatic heterocycles. The number of aliphatic hydroxyl groups excluding tert-OH is 2. The first-order chi connectivity index (χ1) is 24.4.